The van der Waals surface area contributed by atoms with Crippen molar-refractivity contribution < 1.29 is 22.7 Å². The molecule has 0 aliphatic carbocycles. The number of amides is 2. The standard InChI is InChI=1S/C26H32N6O5S2/c1-17-8-9-22(15-27-17)20-6-5-7-21(14-20)23(33)28-18(2)16-31-10-12-32(13-11-31)39(35,36)24-19(3)29-25(38-24)30-26(34)37-4/h5-9,14-15,18H,10-13,16H2,1-4H3,(H,28,33)(H,29,30,34)/t18-/m0/s1. The summed E-state index contributed by atoms with van der Waals surface area (Å²) in [5.41, 5.74) is 3.69. The zero-order valence-electron chi connectivity index (χ0n) is 22.3. The van der Waals surface area contributed by atoms with E-state index in [4.69, 9.17) is 0 Å². The minimum Gasteiger partial charge on any atom is -0.453 e. The molecule has 2 amide bonds. The summed E-state index contributed by atoms with van der Waals surface area (Å²) in [5.74, 6) is -0.164. The number of nitrogens with zero attached hydrogens (tertiary/aromatic N) is 4. The van der Waals surface area contributed by atoms with E-state index in [1.54, 1.807) is 19.2 Å². The Bertz CT molecular complexity index is 1430. The first kappa shape index (κ1) is 28.6. The molecular weight excluding hydrogens is 540 g/mol. The van der Waals surface area contributed by atoms with E-state index in [-0.39, 0.29) is 21.3 Å². The van der Waals surface area contributed by atoms with Crippen LogP contribution in [0.2, 0.25) is 0 Å². The van der Waals surface area contributed by atoms with Gasteiger partial charge in [-0.15, -0.1) is 0 Å². The quantitative estimate of drug-likeness (QED) is 0.421. The molecule has 1 atom stereocenters. The number of carbonyl (C=O) groups excluding carboxylic acids is 2. The van der Waals surface area contributed by atoms with Crippen LogP contribution in [0.4, 0.5) is 9.93 Å². The Labute approximate surface area is 232 Å². The van der Waals surface area contributed by atoms with E-state index in [2.05, 4.69) is 30.2 Å². The molecule has 208 valence electrons. The molecule has 2 aromatic heterocycles. The van der Waals surface area contributed by atoms with Gasteiger partial charge in [-0.3, -0.25) is 20.0 Å². The van der Waals surface area contributed by atoms with Gasteiger partial charge in [-0.25, -0.2) is 18.2 Å². The molecular formula is C26H32N6O5S2. The first-order valence-electron chi connectivity index (χ1n) is 12.5. The van der Waals surface area contributed by atoms with Crippen molar-refractivity contribution in [2.75, 3.05) is 45.2 Å². The summed E-state index contributed by atoms with van der Waals surface area (Å²) in [6, 6.07) is 11.2. The molecule has 1 aliphatic rings. The summed E-state index contributed by atoms with van der Waals surface area (Å²) >= 11 is 0.903. The number of hydrogen-bond donors (Lipinski definition) is 2. The van der Waals surface area contributed by atoms with Crippen LogP contribution in [0.3, 0.4) is 0 Å². The van der Waals surface area contributed by atoms with Crippen molar-refractivity contribution in [1.82, 2.24) is 24.5 Å². The number of methoxy groups -OCH3 is 1. The number of pyridine rings is 1. The SMILES string of the molecule is COC(=O)Nc1nc(C)c(S(=O)(=O)N2CCN(C[C@H](C)NC(=O)c3cccc(-c4ccc(C)nc4)c3)CC2)s1. The Hall–Kier alpha value is -3.39. The topological polar surface area (TPSA) is 134 Å². The highest BCUT2D eigenvalue weighted by Crippen LogP contribution is 2.30. The first-order valence-corrected chi connectivity index (χ1v) is 14.7. The highest BCUT2D eigenvalue weighted by atomic mass is 32.2. The van der Waals surface area contributed by atoms with E-state index in [1.165, 1.54) is 11.4 Å². The zero-order chi connectivity index (χ0) is 28.2. The molecule has 1 aromatic carbocycles. The second kappa shape index (κ2) is 12.2. The Morgan fingerprint density at radius 3 is 2.51 bits per heavy atom. The number of anilines is 1. The molecule has 0 spiro atoms. The Kier molecular flexibility index (Phi) is 8.95. The second-order valence-corrected chi connectivity index (χ2v) is 12.5. The average Bonchev–Trinajstić information content (AvgIpc) is 3.29. The number of aromatic nitrogens is 2. The predicted molar refractivity (Wildman–Crippen MR) is 149 cm³/mol. The number of benzene rings is 1. The molecule has 3 aromatic rings. The maximum absolute atomic E-state index is 13.2. The van der Waals surface area contributed by atoms with Crippen molar-refractivity contribution in [2.24, 2.45) is 0 Å². The number of carbonyl (C=O) groups is 2. The molecule has 4 rings (SSSR count). The third-order valence-electron chi connectivity index (χ3n) is 6.33. The van der Waals surface area contributed by atoms with Crippen LogP contribution in [0.25, 0.3) is 11.1 Å². The number of thiazole rings is 1. The lowest BCUT2D eigenvalue weighted by Crippen LogP contribution is -2.52. The van der Waals surface area contributed by atoms with E-state index >= 15 is 0 Å². The Balaban J connectivity index is 1.31. The van der Waals surface area contributed by atoms with Gasteiger partial charge in [0.25, 0.3) is 15.9 Å². The van der Waals surface area contributed by atoms with Gasteiger partial charge in [0.1, 0.15) is 0 Å². The van der Waals surface area contributed by atoms with Crippen LogP contribution < -0.4 is 10.6 Å². The molecule has 3 heterocycles. The molecule has 13 heteroatoms. The minimum absolute atomic E-state index is 0.103. The van der Waals surface area contributed by atoms with Crippen LogP contribution >= 0.6 is 11.3 Å². The molecule has 0 radical (unpaired) electrons. The summed E-state index contributed by atoms with van der Waals surface area (Å²) < 4.78 is 32.5. The van der Waals surface area contributed by atoms with Crippen LogP contribution in [0.1, 0.15) is 28.7 Å². The van der Waals surface area contributed by atoms with Crippen LogP contribution in [0.5, 0.6) is 0 Å². The first-order chi connectivity index (χ1) is 18.6. The number of aryl methyl sites for hydroxylation is 2. The molecule has 11 nitrogen and oxygen atoms in total. The van der Waals surface area contributed by atoms with Gasteiger partial charge in [0.15, 0.2) is 9.34 Å². The number of rotatable bonds is 8. The molecule has 1 saturated heterocycles. The van der Waals surface area contributed by atoms with Gasteiger partial charge in [-0.2, -0.15) is 4.31 Å². The van der Waals surface area contributed by atoms with E-state index in [0.717, 1.165) is 28.2 Å². The van der Waals surface area contributed by atoms with Gasteiger partial charge in [0, 0.05) is 61.8 Å². The summed E-state index contributed by atoms with van der Waals surface area (Å²) in [4.78, 5) is 35.0. The van der Waals surface area contributed by atoms with Crippen molar-refractivity contribution in [1.29, 1.82) is 0 Å². The van der Waals surface area contributed by atoms with E-state index in [0.29, 0.717) is 44.0 Å². The lowest BCUT2D eigenvalue weighted by molar-refractivity contribution is 0.0922. The largest absolute Gasteiger partial charge is 0.453 e. The average molecular weight is 573 g/mol. The molecule has 1 aliphatic heterocycles. The molecule has 39 heavy (non-hydrogen) atoms. The minimum atomic E-state index is -3.75. The number of nitrogens with one attached hydrogen (secondary N) is 2. The molecule has 0 bridgehead atoms. The zero-order valence-corrected chi connectivity index (χ0v) is 23.9. The van der Waals surface area contributed by atoms with E-state index < -0.39 is 16.1 Å². The monoisotopic (exact) mass is 572 g/mol. The predicted octanol–water partition coefficient (Wildman–Crippen LogP) is 3.13. The van der Waals surface area contributed by atoms with Crippen molar-refractivity contribution in [3.05, 3.63) is 59.5 Å². The number of hydrogen-bond acceptors (Lipinski definition) is 9. The van der Waals surface area contributed by atoms with Crippen LogP contribution in [0.15, 0.2) is 46.8 Å². The molecule has 1 fully saturated rings. The van der Waals surface area contributed by atoms with Crippen molar-refractivity contribution in [3.8, 4) is 11.1 Å². The summed E-state index contributed by atoms with van der Waals surface area (Å²) in [5, 5.41) is 5.63. The second-order valence-electron chi connectivity index (χ2n) is 9.36. The summed E-state index contributed by atoms with van der Waals surface area (Å²) in [6.45, 7) is 7.73. The van der Waals surface area contributed by atoms with Gasteiger partial charge >= 0.3 is 6.09 Å². The number of ether oxygens (including phenoxy) is 1. The fourth-order valence-electron chi connectivity index (χ4n) is 4.30. The van der Waals surface area contributed by atoms with Crippen molar-refractivity contribution in [2.45, 2.75) is 31.0 Å². The fourth-order valence-corrected chi connectivity index (χ4v) is 7.26. The smallest absolute Gasteiger partial charge is 0.413 e. The van der Waals surface area contributed by atoms with Crippen molar-refractivity contribution in [3.63, 3.8) is 0 Å². The highest BCUT2D eigenvalue weighted by molar-refractivity contribution is 7.91. The maximum Gasteiger partial charge on any atom is 0.413 e. The summed E-state index contributed by atoms with van der Waals surface area (Å²) in [6.07, 6.45) is 1.09. The normalized spacial score (nSPS) is 15.5. The molecule has 0 unspecified atom stereocenters. The number of piperazine rings is 1. The molecule has 0 saturated carbocycles. The fraction of sp³-hybridized carbons (Fsp3) is 0.385. The van der Waals surface area contributed by atoms with Crippen LogP contribution in [0, 0.1) is 13.8 Å². The van der Waals surface area contributed by atoms with Crippen LogP contribution in [-0.4, -0.2) is 85.5 Å². The van der Waals surface area contributed by atoms with E-state index in [9.17, 15) is 18.0 Å². The lowest BCUT2D eigenvalue weighted by atomic mass is 10.0. The lowest BCUT2D eigenvalue weighted by Gasteiger charge is -2.35. The Morgan fingerprint density at radius 2 is 1.85 bits per heavy atom. The maximum atomic E-state index is 13.2. The third kappa shape index (κ3) is 6.98. The third-order valence-corrected chi connectivity index (χ3v) is 9.89. The Morgan fingerprint density at radius 1 is 1.10 bits per heavy atom. The van der Waals surface area contributed by atoms with Crippen LogP contribution in [-0.2, 0) is 14.8 Å². The molecule has 2 N–H and O–H groups in total. The van der Waals surface area contributed by atoms with Gasteiger partial charge < -0.3 is 10.1 Å². The summed E-state index contributed by atoms with van der Waals surface area (Å²) in [7, 11) is -2.53. The van der Waals surface area contributed by atoms with Gasteiger partial charge in [0.2, 0.25) is 0 Å². The highest BCUT2D eigenvalue weighted by Gasteiger charge is 2.32. The van der Waals surface area contributed by atoms with Gasteiger partial charge in [-0.1, -0.05) is 29.5 Å². The van der Waals surface area contributed by atoms with Gasteiger partial charge in [0.05, 0.1) is 12.8 Å². The van der Waals surface area contributed by atoms with Crippen molar-refractivity contribution >= 4 is 38.5 Å². The van der Waals surface area contributed by atoms with E-state index in [1.807, 2.05) is 44.2 Å². The van der Waals surface area contributed by atoms with Gasteiger partial charge in [-0.05, 0) is 44.5 Å². The number of sulfonamides is 1.